The van der Waals surface area contributed by atoms with E-state index in [1.165, 1.54) is 0 Å². The zero-order valence-corrected chi connectivity index (χ0v) is 16.3. The monoisotopic (exact) mass is 395 g/mol. The van der Waals surface area contributed by atoms with E-state index in [4.69, 9.17) is 9.47 Å². The Bertz CT molecular complexity index is 1090. The molecule has 0 bridgehead atoms. The molecule has 148 valence electrons. The van der Waals surface area contributed by atoms with Gasteiger partial charge in [0.2, 0.25) is 0 Å². The molecule has 4 heteroatoms. The van der Waals surface area contributed by atoms with Crippen LogP contribution in [-0.2, 0) is 6.61 Å². The summed E-state index contributed by atoms with van der Waals surface area (Å²) < 4.78 is 11.7. The van der Waals surface area contributed by atoms with Crippen molar-refractivity contribution >= 4 is 11.6 Å². The lowest BCUT2D eigenvalue weighted by molar-refractivity contribution is 0.102. The van der Waals surface area contributed by atoms with Gasteiger partial charge < -0.3 is 14.8 Å². The fourth-order valence-corrected chi connectivity index (χ4v) is 2.94. The van der Waals surface area contributed by atoms with Crippen LogP contribution in [-0.4, -0.2) is 5.91 Å². The Morgan fingerprint density at radius 3 is 2.00 bits per heavy atom. The first kappa shape index (κ1) is 19.3. The molecule has 0 aliphatic carbocycles. The molecule has 1 amide bonds. The van der Waals surface area contributed by atoms with E-state index in [9.17, 15) is 4.79 Å². The van der Waals surface area contributed by atoms with Gasteiger partial charge in [0.25, 0.3) is 5.91 Å². The van der Waals surface area contributed by atoms with Gasteiger partial charge in [0.15, 0.2) is 0 Å². The molecule has 0 aliphatic heterocycles. The van der Waals surface area contributed by atoms with E-state index in [2.05, 4.69) is 5.32 Å². The molecule has 0 saturated carbocycles. The van der Waals surface area contributed by atoms with Gasteiger partial charge in [-0.05, 0) is 54.1 Å². The van der Waals surface area contributed by atoms with Crippen LogP contribution in [0.15, 0.2) is 109 Å². The number of hydrogen-bond donors (Lipinski definition) is 1. The van der Waals surface area contributed by atoms with Crippen LogP contribution in [0.1, 0.15) is 15.9 Å². The number of benzene rings is 4. The maximum Gasteiger partial charge on any atom is 0.259 e. The molecule has 4 aromatic carbocycles. The van der Waals surface area contributed by atoms with E-state index < -0.39 is 0 Å². The molecule has 0 unspecified atom stereocenters. The number of carbonyl (C=O) groups excluding carboxylic acids is 1. The molecule has 0 radical (unpaired) electrons. The molecule has 4 nitrogen and oxygen atoms in total. The summed E-state index contributed by atoms with van der Waals surface area (Å²) in [7, 11) is 0. The molecule has 4 rings (SSSR count). The Labute approximate surface area is 175 Å². The van der Waals surface area contributed by atoms with Crippen LogP contribution in [0.25, 0.3) is 0 Å². The maximum absolute atomic E-state index is 12.8. The summed E-state index contributed by atoms with van der Waals surface area (Å²) in [5.74, 6) is 1.78. The third-order valence-electron chi connectivity index (χ3n) is 4.46. The summed E-state index contributed by atoms with van der Waals surface area (Å²) in [6.07, 6.45) is 0. The molecule has 0 heterocycles. The predicted molar refractivity (Wildman–Crippen MR) is 118 cm³/mol. The number of hydrogen-bond acceptors (Lipinski definition) is 3. The summed E-state index contributed by atoms with van der Waals surface area (Å²) in [6, 6.07) is 33.9. The third kappa shape index (κ3) is 5.06. The summed E-state index contributed by atoms with van der Waals surface area (Å²) in [5, 5.41) is 2.91. The SMILES string of the molecule is O=C(Nc1ccc(Oc2ccccc2)cc1)c1ccccc1OCc1ccccc1. The Balaban J connectivity index is 1.41. The second-order valence-corrected chi connectivity index (χ2v) is 6.66. The van der Waals surface area contributed by atoms with Crippen molar-refractivity contribution in [2.75, 3.05) is 5.32 Å². The zero-order chi connectivity index (χ0) is 20.6. The van der Waals surface area contributed by atoms with Gasteiger partial charge in [0.1, 0.15) is 23.9 Å². The van der Waals surface area contributed by atoms with Crippen molar-refractivity contribution in [2.24, 2.45) is 0 Å². The van der Waals surface area contributed by atoms with Crippen molar-refractivity contribution in [3.63, 3.8) is 0 Å². The van der Waals surface area contributed by atoms with Crippen molar-refractivity contribution < 1.29 is 14.3 Å². The van der Waals surface area contributed by atoms with E-state index in [1.807, 2.05) is 97.1 Å². The van der Waals surface area contributed by atoms with Gasteiger partial charge in [0.05, 0.1) is 5.56 Å². The minimum Gasteiger partial charge on any atom is -0.488 e. The molecule has 1 N–H and O–H groups in total. The first-order valence-electron chi connectivity index (χ1n) is 9.68. The highest BCUT2D eigenvalue weighted by Gasteiger charge is 2.12. The second-order valence-electron chi connectivity index (χ2n) is 6.66. The molecule has 30 heavy (non-hydrogen) atoms. The van der Waals surface area contributed by atoms with Crippen LogP contribution in [0.5, 0.6) is 17.2 Å². The summed E-state index contributed by atoms with van der Waals surface area (Å²) in [6.45, 7) is 0.399. The maximum atomic E-state index is 12.8. The third-order valence-corrected chi connectivity index (χ3v) is 4.46. The highest BCUT2D eigenvalue weighted by molar-refractivity contribution is 6.06. The molecule has 0 fully saturated rings. The van der Waals surface area contributed by atoms with Crippen molar-refractivity contribution in [1.29, 1.82) is 0 Å². The van der Waals surface area contributed by atoms with Crippen molar-refractivity contribution in [3.05, 3.63) is 120 Å². The number of amides is 1. The van der Waals surface area contributed by atoms with Gasteiger partial charge in [0, 0.05) is 5.69 Å². The van der Waals surface area contributed by atoms with E-state index >= 15 is 0 Å². The van der Waals surface area contributed by atoms with E-state index in [-0.39, 0.29) is 5.91 Å². The predicted octanol–water partition coefficient (Wildman–Crippen LogP) is 6.31. The van der Waals surface area contributed by atoms with E-state index in [1.54, 1.807) is 12.1 Å². The minimum absolute atomic E-state index is 0.226. The van der Waals surface area contributed by atoms with E-state index in [0.717, 1.165) is 11.3 Å². The molecular weight excluding hydrogens is 374 g/mol. The number of carbonyl (C=O) groups is 1. The standard InChI is InChI=1S/C26H21NO3/c28-26(24-13-7-8-14-25(24)29-19-20-9-3-1-4-10-20)27-21-15-17-23(18-16-21)30-22-11-5-2-6-12-22/h1-18H,19H2,(H,27,28). The summed E-state index contributed by atoms with van der Waals surface area (Å²) in [4.78, 5) is 12.8. The van der Waals surface area contributed by atoms with Crippen LogP contribution in [0.3, 0.4) is 0 Å². The number of nitrogens with one attached hydrogen (secondary N) is 1. The van der Waals surface area contributed by atoms with Crippen LogP contribution < -0.4 is 14.8 Å². The van der Waals surface area contributed by atoms with Crippen molar-refractivity contribution in [2.45, 2.75) is 6.61 Å². The largest absolute Gasteiger partial charge is 0.488 e. The molecule has 0 saturated heterocycles. The zero-order valence-electron chi connectivity index (χ0n) is 16.3. The topological polar surface area (TPSA) is 47.6 Å². The summed E-state index contributed by atoms with van der Waals surface area (Å²) in [5.41, 5.74) is 2.21. The van der Waals surface area contributed by atoms with Crippen LogP contribution >= 0.6 is 0 Å². The van der Waals surface area contributed by atoms with Crippen molar-refractivity contribution in [3.8, 4) is 17.2 Å². The van der Waals surface area contributed by atoms with Gasteiger partial charge in [-0.2, -0.15) is 0 Å². The highest BCUT2D eigenvalue weighted by atomic mass is 16.5. The Kier molecular flexibility index (Phi) is 6.06. The quantitative estimate of drug-likeness (QED) is 0.399. The minimum atomic E-state index is -0.226. The van der Waals surface area contributed by atoms with Gasteiger partial charge >= 0.3 is 0 Å². The average molecular weight is 395 g/mol. The molecule has 4 aromatic rings. The highest BCUT2D eigenvalue weighted by Crippen LogP contribution is 2.24. The molecular formula is C26H21NO3. The Hall–Kier alpha value is -4.05. The number of ether oxygens (including phenoxy) is 2. The number of para-hydroxylation sites is 2. The van der Waals surface area contributed by atoms with Crippen LogP contribution in [0.4, 0.5) is 5.69 Å². The Morgan fingerprint density at radius 2 is 1.27 bits per heavy atom. The second kappa shape index (κ2) is 9.43. The van der Waals surface area contributed by atoms with Crippen LogP contribution in [0.2, 0.25) is 0 Å². The normalized spacial score (nSPS) is 10.3. The Morgan fingerprint density at radius 1 is 0.667 bits per heavy atom. The lowest BCUT2D eigenvalue weighted by atomic mass is 10.1. The molecule has 0 aliphatic rings. The lowest BCUT2D eigenvalue weighted by Crippen LogP contribution is -2.13. The summed E-state index contributed by atoms with van der Waals surface area (Å²) >= 11 is 0. The van der Waals surface area contributed by atoms with E-state index in [0.29, 0.717) is 29.4 Å². The smallest absolute Gasteiger partial charge is 0.259 e. The van der Waals surface area contributed by atoms with Gasteiger partial charge in [-0.15, -0.1) is 0 Å². The van der Waals surface area contributed by atoms with Crippen LogP contribution in [0, 0.1) is 0 Å². The van der Waals surface area contributed by atoms with Gasteiger partial charge in [-0.3, -0.25) is 4.79 Å². The molecule has 0 aromatic heterocycles. The lowest BCUT2D eigenvalue weighted by Gasteiger charge is -2.12. The first-order chi connectivity index (χ1) is 14.8. The molecule has 0 atom stereocenters. The van der Waals surface area contributed by atoms with Gasteiger partial charge in [-0.25, -0.2) is 0 Å². The van der Waals surface area contributed by atoms with Gasteiger partial charge in [-0.1, -0.05) is 60.7 Å². The fraction of sp³-hybridized carbons (Fsp3) is 0.0385. The first-order valence-corrected chi connectivity index (χ1v) is 9.68. The average Bonchev–Trinajstić information content (AvgIpc) is 2.80. The fourth-order valence-electron chi connectivity index (χ4n) is 2.94. The number of rotatable bonds is 7. The number of anilines is 1. The van der Waals surface area contributed by atoms with Crippen molar-refractivity contribution in [1.82, 2.24) is 0 Å². The molecule has 0 spiro atoms.